The molecule has 0 fully saturated rings. The first-order valence-electron chi connectivity index (χ1n) is 10.2. The van der Waals surface area contributed by atoms with Gasteiger partial charge in [-0.3, -0.25) is 9.10 Å². The Morgan fingerprint density at radius 3 is 2.64 bits per heavy atom. The number of anilines is 4. The van der Waals surface area contributed by atoms with Crippen molar-refractivity contribution in [2.45, 2.75) is 13.5 Å². The molecule has 170 valence electrons. The van der Waals surface area contributed by atoms with Crippen LogP contribution in [0.5, 0.6) is 0 Å². The number of nitrogens with zero attached hydrogens (tertiary/aromatic N) is 4. The molecule has 0 saturated carbocycles. The first kappa shape index (κ1) is 22.3. The van der Waals surface area contributed by atoms with Crippen LogP contribution in [0.2, 0.25) is 0 Å². The number of carbonyl (C=O) groups is 1. The summed E-state index contributed by atoms with van der Waals surface area (Å²) in [6.07, 6.45) is 6.44. The van der Waals surface area contributed by atoms with Crippen molar-refractivity contribution in [2.24, 2.45) is 0 Å². The minimum Gasteiger partial charge on any atom is -0.343 e. The van der Waals surface area contributed by atoms with E-state index in [2.05, 4.69) is 20.6 Å². The van der Waals surface area contributed by atoms with Crippen LogP contribution in [0.1, 0.15) is 12.5 Å². The molecule has 0 atom stereocenters. The minimum atomic E-state index is -3.44. The van der Waals surface area contributed by atoms with Crippen molar-refractivity contribution in [1.82, 2.24) is 14.5 Å². The highest BCUT2D eigenvalue weighted by Crippen LogP contribution is 2.25. The van der Waals surface area contributed by atoms with Crippen LogP contribution in [-0.2, 0) is 21.4 Å². The number of carbonyl (C=O) groups excluding carboxylic acids is 1. The van der Waals surface area contributed by atoms with Crippen LogP contribution in [0.4, 0.5) is 23.0 Å². The highest BCUT2D eigenvalue weighted by atomic mass is 32.2. The predicted molar refractivity (Wildman–Crippen MR) is 130 cm³/mol. The van der Waals surface area contributed by atoms with Crippen LogP contribution in [0.25, 0.3) is 10.9 Å². The average molecular weight is 465 g/mol. The maximum atomic E-state index is 12.0. The van der Waals surface area contributed by atoms with E-state index in [1.807, 2.05) is 53.2 Å². The quantitative estimate of drug-likeness (QED) is 0.433. The second-order valence-corrected chi connectivity index (χ2v) is 9.69. The van der Waals surface area contributed by atoms with Gasteiger partial charge >= 0.3 is 0 Å². The van der Waals surface area contributed by atoms with Gasteiger partial charge in [0.05, 0.1) is 18.3 Å². The van der Waals surface area contributed by atoms with Crippen molar-refractivity contribution in [1.29, 1.82) is 0 Å². The summed E-state index contributed by atoms with van der Waals surface area (Å²) >= 11 is 0. The molecule has 10 heteroatoms. The van der Waals surface area contributed by atoms with Gasteiger partial charge in [0.1, 0.15) is 11.6 Å². The van der Waals surface area contributed by atoms with Gasteiger partial charge in [0.15, 0.2) is 0 Å². The van der Waals surface area contributed by atoms with E-state index in [-0.39, 0.29) is 5.91 Å². The number of fused-ring (bicyclic) bond motifs is 1. The van der Waals surface area contributed by atoms with Gasteiger partial charge in [0, 0.05) is 61.0 Å². The van der Waals surface area contributed by atoms with Crippen LogP contribution in [0.15, 0.2) is 67.1 Å². The molecule has 3 heterocycles. The molecule has 2 N–H and O–H groups in total. The number of sulfonamides is 1. The molecule has 0 aliphatic rings. The van der Waals surface area contributed by atoms with Crippen molar-refractivity contribution in [2.75, 3.05) is 28.2 Å². The van der Waals surface area contributed by atoms with Crippen molar-refractivity contribution in [3.05, 3.63) is 72.7 Å². The summed E-state index contributed by atoms with van der Waals surface area (Å²) in [7, 11) is -1.94. The van der Waals surface area contributed by atoms with Crippen LogP contribution >= 0.6 is 0 Å². The van der Waals surface area contributed by atoms with E-state index in [0.717, 1.165) is 28.4 Å². The molecule has 0 aliphatic heterocycles. The number of hydrogen-bond donors (Lipinski definition) is 2. The number of pyridine rings is 2. The molecule has 1 aromatic carbocycles. The Hall–Kier alpha value is -3.92. The number of aromatic nitrogens is 3. The van der Waals surface area contributed by atoms with E-state index in [0.29, 0.717) is 23.9 Å². The molecule has 4 rings (SSSR count). The molecular weight excluding hydrogens is 440 g/mol. The maximum Gasteiger partial charge on any atom is 0.233 e. The third-order valence-electron chi connectivity index (χ3n) is 5.11. The minimum absolute atomic E-state index is 0.138. The van der Waals surface area contributed by atoms with Crippen LogP contribution in [0.3, 0.4) is 0 Å². The number of rotatable bonds is 7. The van der Waals surface area contributed by atoms with Crippen LogP contribution in [-0.4, -0.2) is 42.2 Å². The molecule has 0 aliphatic carbocycles. The zero-order chi connectivity index (χ0) is 23.6. The molecule has 0 unspecified atom stereocenters. The Labute approximate surface area is 192 Å². The average Bonchev–Trinajstić information content (AvgIpc) is 3.15. The lowest BCUT2D eigenvalue weighted by atomic mass is 10.2. The zero-order valence-corrected chi connectivity index (χ0v) is 19.3. The van der Waals surface area contributed by atoms with Gasteiger partial charge in [-0.25, -0.2) is 18.4 Å². The van der Waals surface area contributed by atoms with E-state index in [4.69, 9.17) is 0 Å². The number of nitrogens with one attached hydrogen (secondary N) is 2. The molecule has 0 bridgehead atoms. The van der Waals surface area contributed by atoms with Gasteiger partial charge in [-0.15, -0.1) is 0 Å². The lowest BCUT2D eigenvalue weighted by molar-refractivity contribution is -0.114. The standard InChI is InChI=1S/C23H24N6O3S/c1-16(30)26-19-7-4-8-20(12-19)27-22-13-21-17(14-25-22)9-11-29(21)15-18-6-5-10-24-23(18)28(2)33(3,31)32/h4-14H,15H2,1-3H3,(H,25,27)(H,26,30). The number of amides is 1. The third-order valence-corrected chi connectivity index (χ3v) is 6.28. The van der Waals surface area contributed by atoms with Gasteiger partial charge in [0.2, 0.25) is 15.9 Å². The van der Waals surface area contributed by atoms with Crippen molar-refractivity contribution < 1.29 is 13.2 Å². The molecule has 0 spiro atoms. The fraction of sp³-hybridized carbons (Fsp3) is 0.174. The second-order valence-electron chi connectivity index (χ2n) is 7.68. The summed E-state index contributed by atoms with van der Waals surface area (Å²) in [6.45, 7) is 1.90. The van der Waals surface area contributed by atoms with Gasteiger partial charge < -0.3 is 15.2 Å². The Morgan fingerprint density at radius 2 is 1.88 bits per heavy atom. The molecule has 0 radical (unpaired) electrons. The largest absolute Gasteiger partial charge is 0.343 e. The molecular formula is C23H24N6O3S. The Bertz CT molecular complexity index is 1430. The topological polar surface area (TPSA) is 109 Å². The summed E-state index contributed by atoms with van der Waals surface area (Å²) in [5, 5.41) is 6.98. The van der Waals surface area contributed by atoms with Crippen molar-refractivity contribution in [3.8, 4) is 0 Å². The highest BCUT2D eigenvalue weighted by molar-refractivity contribution is 7.92. The second kappa shape index (κ2) is 8.91. The van der Waals surface area contributed by atoms with E-state index in [1.165, 1.54) is 18.3 Å². The fourth-order valence-electron chi connectivity index (χ4n) is 3.49. The van der Waals surface area contributed by atoms with Gasteiger partial charge in [-0.1, -0.05) is 12.1 Å². The predicted octanol–water partition coefficient (Wildman–Crippen LogP) is 3.58. The monoisotopic (exact) mass is 464 g/mol. The maximum absolute atomic E-state index is 12.0. The smallest absolute Gasteiger partial charge is 0.233 e. The molecule has 1 amide bonds. The lowest BCUT2D eigenvalue weighted by Gasteiger charge is -2.19. The molecule has 3 aromatic heterocycles. The van der Waals surface area contributed by atoms with E-state index in [1.54, 1.807) is 18.5 Å². The summed E-state index contributed by atoms with van der Waals surface area (Å²) in [4.78, 5) is 20.1. The van der Waals surface area contributed by atoms with Gasteiger partial charge in [-0.05, 0) is 30.3 Å². The number of benzene rings is 1. The van der Waals surface area contributed by atoms with E-state index >= 15 is 0 Å². The van der Waals surface area contributed by atoms with Crippen LogP contribution < -0.4 is 14.9 Å². The Kier molecular flexibility index (Phi) is 6.01. The first-order valence-corrected chi connectivity index (χ1v) is 12.0. The summed E-state index contributed by atoms with van der Waals surface area (Å²) in [6, 6.07) is 14.9. The fourth-order valence-corrected chi connectivity index (χ4v) is 3.97. The third kappa shape index (κ3) is 5.12. The normalized spacial score (nSPS) is 11.4. The number of hydrogen-bond acceptors (Lipinski definition) is 6. The van der Waals surface area contributed by atoms with E-state index in [9.17, 15) is 13.2 Å². The summed E-state index contributed by atoms with van der Waals surface area (Å²) < 4.78 is 27.3. The SMILES string of the molecule is CC(=O)Nc1cccc(Nc2cc3c(ccn3Cc3cccnc3N(C)S(C)(=O)=O)cn2)c1. The highest BCUT2D eigenvalue weighted by Gasteiger charge is 2.17. The zero-order valence-electron chi connectivity index (χ0n) is 18.5. The van der Waals surface area contributed by atoms with Gasteiger partial charge in [0.25, 0.3) is 0 Å². The molecule has 33 heavy (non-hydrogen) atoms. The Morgan fingerprint density at radius 1 is 1.09 bits per heavy atom. The van der Waals surface area contributed by atoms with E-state index < -0.39 is 10.0 Å². The summed E-state index contributed by atoms with van der Waals surface area (Å²) in [5.41, 5.74) is 3.19. The van der Waals surface area contributed by atoms with Crippen LogP contribution in [0, 0.1) is 0 Å². The molecule has 4 aromatic rings. The first-order chi connectivity index (χ1) is 15.7. The lowest BCUT2D eigenvalue weighted by Crippen LogP contribution is -2.27. The summed E-state index contributed by atoms with van der Waals surface area (Å²) in [5.74, 6) is 0.895. The van der Waals surface area contributed by atoms with Crippen molar-refractivity contribution in [3.63, 3.8) is 0 Å². The van der Waals surface area contributed by atoms with Gasteiger partial charge in [-0.2, -0.15) is 0 Å². The van der Waals surface area contributed by atoms with Crippen molar-refractivity contribution >= 4 is 49.8 Å². The molecule has 9 nitrogen and oxygen atoms in total. The Balaban J connectivity index is 1.63. The molecule has 0 saturated heterocycles.